The Bertz CT molecular complexity index is 958. The summed E-state index contributed by atoms with van der Waals surface area (Å²) in [5.41, 5.74) is 5.89. The molecule has 3 aliphatic rings. The monoisotopic (exact) mass is 408 g/mol. The van der Waals surface area contributed by atoms with Crippen molar-refractivity contribution in [2.24, 2.45) is 0 Å². The van der Waals surface area contributed by atoms with E-state index >= 15 is 0 Å². The number of fused-ring (bicyclic) bond motifs is 3. The van der Waals surface area contributed by atoms with Crippen molar-refractivity contribution in [3.63, 3.8) is 0 Å². The fraction of sp³-hybridized carbons (Fsp3) is 0.458. The second-order valence-corrected chi connectivity index (χ2v) is 9.30. The Morgan fingerprint density at radius 1 is 1.31 bits per heavy atom. The van der Waals surface area contributed by atoms with Crippen LogP contribution in [0.1, 0.15) is 48.0 Å². The van der Waals surface area contributed by atoms with Gasteiger partial charge in [0.1, 0.15) is 5.75 Å². The van der Waals surface area contributed by atoms with Gasteiger partial charge in [-0.05, 0) is 72.2 Å². The quantitative estimate of drug-likeness (QED) is 0.742. The maximum absolute atomic E-state index is 12.7. The van der Waals surface area contributed by atoms with Gasteiger partial charge in [-0.1, -0.05) is 6.92 Å². The van der Waals surface area contributed by atoms with Gasteiger partial charge in [0.05, 0.1) is 12.8 Å². The van der Waals surface area contributed by atoms with Gasteiger partial charge in [-0.3, -0.25) is 4.79 Å². The number of hydrogen-bond acceptors (Lipinski definition) is 5. The van der Waals surface area contributed by atoms with Gasteiger partial charge < -0.3 is 15.0 Å². The summed E-state index contributed by atoms with van der Waals surface area (Å²) in [6.07, 6.45) is 2.93. The molecule has 2 aromatic carbocycles. The number of ether oxygens (including phenoxy) is 1. The van der Waals surface area contributed by atoms with Crippen LogP contribution in [0.15, 0.2) is 35.2 Å². The largest absolute Gasteiger partial charge is 0.497 e. The van der Waals surface area contributed by atoms with E-state index in [0.717, 1.165) is 42.3 Å². The molecule has 3 aliphatic heterocycles. The third-order valence-corrected chi connectivity index (χ3v) is 7.71. The highest BCUT2D eigenvalue weighted by Gasteiger charge is 2.42. The van der Waals surface area contributed by atoms with Gasteiger partial charge in [-0.15, -0.1) is 11.8 Å². The summed E-state index contributed by atoms with van der Waals surface area (Å²) >= 11 is 1.98. The van der Waals surface area contributed by atoms with Crippen molar-refractivity contribution in [2.75, 3.05) is 37.4 Å². The predicted octanol–water partition coefficient (Wildman–Crippen LogP) is 4.72. The number of nitrogens with one attached hydrogen (secondary N) is 1. The number of hydrogen-bond donors (Lipinski definition) is 1. The second kappa shape index (κ2) is 7.69. The van der Waals surface area contributed by atoms with Crippen LogP contribution in [0.25, 0.3) is 11.1 Å². The van der Waals surface area contributed by atoms with Crippen LogP contribution in [0.2, 0.25) is 0 Å². The van der Waals surface area contributed by atoms with E-state index in [2.05, 4.69) is 28.4 Å². The number of carbonyl (C=O) groups is 1. The first-order chi connectivity index (χ1) is 14.2. The topological polar surface area (TPSA) is 41.6 Å². The first kappa shape index (κ1) is 19.0. The Hall–Kier alpha value is -1.98. The van der Waals surface area contributed by atoms with Gasteiger partial charge >= 0.3 is 0 Å². The van der Waals surface area contributed by atoms with Crippen molar-refractivity contribution >= 4 is 23.2 Å². The number of thioether (sulfide) groups is 1. The summed E-state index contributed by atoms with van der Waals surface area (Å²) < 4.78 is 5.40. The SMILES string of the molecule is CCC(=O)c1cc(OC)ccc1-c1cc2c3c(c1)[C@@H]1CNCC[C@@H]1N3CCCS2. The van der Waals surface area contributed by atoms with Gasteiger partial charge in [0.25, 0.3) is 0 Å². The van der Waals surface area contributed by atoms with Crippen molar-refractivity contribution in [1.29, 1.82) is 0 Å². The van der Waals surface area contributed by atoms with Crippen LogP contribution in [0, 0.1) is 0 Å². The molecular formula is C24H28N2O2S. The molecule has 0 saturated carbocycles. The summed E-state index contributed by atoms with van der Waals surface area (Å²) in [7, 11) is 1.65. The lowest BCUT2D eigenvalue weighted by molar-refractivity contribution is 0.0988. The molecule has 0 unspecified atom stereocenters. The number of benzene rings is 2. The Morgan fingerprint density at radius 2 is 2.21 bits per heavy atom. The van der Waals surface area contributed by atoms with E-state index in [9.17, 15) is 4.79 Å². The van der Waals surface area contributed by atoms with E-state index in [1.807, 2.05) is 30.8 Å². The predicted molar refractivity (Wildman–Crippen MR) is 120 cm³/mol. The Labute approximate surface area is 177 Å². The number of rotatable bonds is 4. The molecule has 0 bridgehead atoms. The van der Waals surface area contributed by atoms with Gasteiger partial charge in [0.15, 0.2) is 5.78 Å². The number of carbonyl (C=O) groups excluding carboxylic acids is 1. The number of nitrogens with zero attached hydrogens (tertiary/aromatic N) is 1. The molecule has 0 radical (unpaired) electrons. The van der Waals surface area contributed by atoms with Crippen molar-refractivity contribution in [2.45, 2.75) is 43.0 Å². The molecule has 2 atom stereocenters. The lowest BCUT2D eigenvalue weighted by Crippen LogP contribution is -2.44. The summed E-state index contributed by atoms with van der Waals surface area (Å²) in [6.45, 7) is 5.24. The first-order valence-electron chi connectivity index (χ1n) is 10.7. The van der Waals surface area contributed by atoms with E-state index in [1.165, 1.54) is 34.6 Å². The number of Topliss-reactive ketones (excluding diaryl/α,β-unsaturated/α-hetero) is 1. The first-order valence-corrected chi connectivity index (χ1v) is 11.7. The minimum Gasteiger partial charge on any atom is -0.497 e. The van der Waals surface area contributed by atoms with Crippen LogP contribution in [0.5, 0.6) is 5.75 Å². The molecule has 0 aliphatic carbocycles. The second-order valence-electron chi connectivity index (χ2n) is 8.16. The third-order valence-electron chi connectivity index (χ3n) is 6.60. The van der Waals surface area contributed by atoms with Crippen LogP contribution in [0.4, 0.5) is 5.69 Å². The highest BCUT2D eigenvalue weighted by Crippen LogP contribution is 2.51. The summed E-state index contributed by atoms with van der Waals surface area (Å²) in [5, 5.41) is 3.61. The van der Waals surface area contributed by atoms with E-state index in [1.54, 1.807) is 7.11 Å². The molecule has 29 heavy (non-hydrogen) atoms. The zero-order chi connectivity index (χ0) is 20.0. The van der Waals surface area contributed by atoms with Gasteiger partial charge in [-0.2, -0.15) is 0 Å². The number of methoxy groups -OCH3 is 1. The average molecular weight is 409 g/mol. The average Bonchev–Trinajstić information content (AvgIpc) is 2.93. The van der Waals surface area contributed by atoms with E-state index in [0.29, 0.717) is 18.4 Å². The summed E-state index contributed by atoms with van der Waals surface area (Å²) in [4.78, 5) is 16.8. The van der Waals surface area contributed by atoms with Crippen LogP contribution < -0.4 is 15.0 Å². The zero-order valence-electron chi connectivity index (χ0n) is 17.2. The Morgan fingerprint density at radius 3 is 3.03 bits per heavy atom. The molecule has 3 heterocycles. The molecule has 2 aromatic rings. The summed E-state index contributed by atoms with van der Waals surface area (Å²) in [5.74, 6) is 2.60. The minimum atomic E-state index is 0.164. The molecular weight excluding hydrogens is 380 g/mol. The van der Waals surface area contributed by atoms with Gasteiger partial charge in [0, 0.05) is 41.9 Å². The zero-order valence-corrected chi connectivity index (χ0v) is 18.0. The molecule has 0 aromatic heterocycles. The molecule has 5 rings (SSSR count). The lowest BCUT2D eigenvalue weighted by atomic mass is 9.87. The van der Waals surface area contributed by atoms with Gasteiger partial charge in [0.2, 0.25) is 0 Å². The molecule has 1 saturated heterocycles. The highest BCUT2D eigenvalue weighted by atomic mass is 32.2. The molecule has 152 valence electrons. The number of piperidine rings is 1. The number of ketones is 1. The van der Waals surface area contributed by atoms with E-state index in [4.69, 9.17) is 4.74 Å². The smallest absolute Gasteiger partial charge is 0.163 e. The lowest BCUT2D eigenvalue weighted by Gasteiger charge is -2.33. The highest BCUT2D eigenvalue weighted by molar-refractivity contribution is 7.99. The molecule has 1 N–H and O–H groups in total. The van der Waals surface area contributed by atoms with Gasteiger partial charge in [-0.25, -0.2) is 0 Å². The van der Waals surface area contributed by atoms with Crippen LogP contribution in [0.3, 0.4) is 0 Å². The third kappa shape index (κ3) is 3.15. The van der Waals surface area contributed by atoms with Crippen LogP contribution in [-0.4, -0.2) is 44.3 Å². The molecule has 0 amide bonds. The van der Waals surface area contributed by atoms with Crippen molar-refractivity contribution < 1.29 is 9.53 Å². The van der Waals surface area contributed by atoms with Crippen LogP contribution >= 0.6 is 11.8 Å². The normalized spacial score (nSPS) is 22.6. The maximum atomic E-state index is 12.7. The number of anilines is 1. The van der Waals surface area contributed by atoms with E-state index in [-0.39, 0.29) is 5.78 Å². The Kier molecular flexibility index (Phi) is 5.04. The molecule has 5 heteroatoms. The van der Waals surface area contributed by atoms with Crippen molar-refractivity contribution in [3.8, 4) is 16.9 Å². The Balaban J connectivity index is 1.68. The maximum Gasteiger partial charge on any atom is 0.163 e. The minimum absolute atomic E-state index is 0.164. The molecule has 4 nitrogen and oxygen atoms in total. The standard InChI is InChI=1S/C24H28N2O2S/c1-3-22(27)18-13-16(28-2)5-6-17(18)15-11-19-20-14-25-8-7-21(20)26-9-4-10-29-23(12-15)24(19)26/h5-6,11-13,20-21,25H,3-4,7-10,14H2,1-2H3/t20-,21-/m0/s1. The fourth-order valence-electron chi connectivity index (χ4n) is 5.20. The summed E-state index contributed by atoms with van der Waals surface area (Å²) in [6, 6.07) is 11.2. The van der Waals surface area contributed by atoms with Crippen molar-refractivity contribution in [3.05, 3.63) is 41.5 Å². The van der Waals surface area contributed by atoms with Crippen molar-refractivity contribution in [1.82, 2.24) is 5.32 Å². The van der Waals surface area contributed by atoms with Crippen LogP contribution in [-0.2, 0) is 0 Å². The fourth-order valence-corrected chi connectivity index (χ4v) is 6.28. The molecule has 1 fully saturated rings. The molecule has 0 spiro atoms. The van der Waals surface area contributed by atoms with E-state index < -0.39 is 0 Å².